The maximum Gasteiger partial charge on any atom is 0.262 e. The minimum absolute atomic E-state index is 0.0444. The predicted octanol–water partition coefficient (Wildman–Crippen LogP) is 2.55. The van der Waals surface area contributed by atoms with Crippen LogP contribution in [-0.4, -0.2) is 43.7 Å². The maximum atomic E-state index is 12.3. The fourth-order valence-electron chi connectivity index (χ4n) is 1.70. The Morgan fingerprint density at radius 2 is 2.00 bits per heavy atom. The summed E-state index contributed by atoms with van der Waals surface area (Å²) in [5.74, 6) is 0. The highest BCUT2D eigenvalue weighted by Gasteiger charge is 2.16. The van der Waals surface area contributed by atoms with E-state index in [2.05, 4.69) is 9.82 Å². The molecule has 0 saturated carbocycles. The van der Waals surface area contributed by atoms with Gasteiger partial charge in [-0.05, 0) is 32.3 Å². The second-order valence-corrected chi connectivity index (χ2v) is 7.47. The highest BCUT2D eigenvalue weighted by molar-refractivity contribution is 7.92. The van der Waals surface area contributed by atoms with E-state index in [1.165, 1.54) is 24.4 Å². The zero-order chi connectivity index (χ0) is 16.3. The lowest BCUT2D eigenvalue weighted by Gasteiger charge is -2.09. The van der Waals surface area contributed by atoms with Crippen molar-refractivity contribution in [3.63, 3.8) is 0 Å². The number of benzene rings is 1. The summed E-state index contributed by atoms with van der Waals surface area (Å²) in [5, 5.41) is 4.60. The third-order valence-electron chi connectivity index (χ3n) is 2.86. The molecule has 0 aliphatic heterocycles. The lowest BCUT2D eigenvalue weighted by Crippen LogP contribution is -2.18. The molecule has 0 amide bonds. The van der Waals surface area contributed by atoms with Crippen molar-refractivity contribution in [1.29, 1.82) is 0 Å². The van der Waals surface area contributed by atoms with Gasteiger partial charge in [0.1, 0.15) is 0 Å². The second kappa shape index (κ2) is 6.87. The first kappa shape index (κ1) is 17.1. The van der Waals surface area contributed by atoms with E-state index < -0.39 is 10.0 Å². The Morgan fingerprint density at radius 3 is 2.64 bits per heavy atom. The number of hydrogen-bond acceptors (Lipinski definition) is 4. The van der Waals surface area contributed by atoms with Crippen LogP contribution in [0.2, 0.25) is 10.0 Å². The number of likely N-dealkylation sites (N-methyl/N-ethyl adjacent to an activating group) is 1. The standard InChI is InChI=1S/C13H16Cl2N4O2S/c1-18(2)5-6-19-9-10(8-16-19)17-22(20,21)11-3-4-12(14)13(15)7-11/h3-4,7-9,17H,5-6H2,1-2H3. The highest BCUT2D eigenvalue weighted by atomic mass is 35.5. The molecule has 0 unspecified atom stereocenters. The maximum absolute atomic E-state index is 12.3. The van der Waals surface area contributed by atoms with Crippen molar-refractivity contribution in [2.24, 2.45) is 0 Å². The van der Waals surface area contributed by atoms with Crippen LogP contribution in [0.3, 0.4) is 0 Å². The number of hydrogen-bond donors (Lipinski definition) is 1. The van der Waals surface area contributed by atoms with Crippen LogP contribution in [0.1, 0.15) is 0 Å². The van der Waals surface area contributed by atoms with Crippen LogP contribution < -0.4 is 4.72 Å². The van der Waals surface area contributed by atoms with Gasteiger partial charge in [-0.3, -0.25) is 9.40 Å². The zero-order valence-corrected chi connectivity index (χ0v) is 14.5. The first-order valence-corrected chi connectivity index (χ1v) is 8.67. The van der Waals surface area contributed by atoms with E-state index in [4.69, 9.17) is 23.2 Å². The Morgan fingerprint density at radius 1 is 1.27 bits per heavy atom. The number of anilines is 1. The molecule has 0 atom stereocenters. The second-order valence-electron chi connectivity index (χ2n) is 4.98. The van der Waals surface area contributed by atoms with Gasteiger partial charge in [-0.1, -0.05) is 23.2 Å². The molecule has 9 heteroatoms. The SMILES string of the molecule is CN(C)CCn1cc(NS(=O)(=O)c2ccc(Cl)c(Cl)c2)cn1. The average molecular weight is 363 g/mol. The largest absolute Gasteiger partial charge is 0.308 e. The molecule has 2 aromatic rings. The number of halogens is 2. The van der Waals surface area contributed by atoms with E-state index in [1.807, 2.05) is 19.0 Å². The van der Waals surface area contributed by atoms with E-state index in [0.29, 0.717) is 17.3 Å². The van der Waals surface area contributed by atoms with Gasteiger partial charge < -0.3 is 4.90 Å². The zero-order valence-electron chi connectivity index (χ0n) is 12.1. The fraction of sp³-hybridized carbons (Fsp3) is 0.308. The summed E-state index contributed by atoms with van der Waals surface area (Å²) in [6.07, 6.45) is 3.10. The molecule has 0 aliphatic rings. The molecular weight excluding hydrogens is 347 g/mol. The number of sulfonamides is 1. The molecule has 0 radical (unpaired) electrons. The normalized spacial score (nSPS) is 11.9. The summed E-state index contributed by atoms with van der Waals surface area (Å²) in [7, 11) is 0.184. The molecule has 1 aromatic carbocycles. The van der Waals surface area contributed by atoms with Gasteiger partial charge in [-0.25, -0.2) is 8.42 Å². The Bertz CT molecular complexity index is 759. The van der Waals surface area contributed by atoms with Gasteiger partial charge >= 0.3 is 0 Å². The van der Waals surface area contributed by atoms with Crippen LogP contribution in [0.15, 0.2) is 35.5 Å². The smallest absolute Gasteiger partial charge is 0.262 e. The van der Waals surface area contributed by atoms with Gasteiger partial charge in [0.15, 0.2) is 0 Å². The molecule has 0 aliphatic carbocycles. The van der Waals surface area contributed by atoms with Crippen molar-refractivity contribution in [3.8, 4) is 0 Å². The van der Waals surface area contributed by atoms with E-state index in [0.717, 1.165) is 6.54 Å². The quantitative estimate of drug-likeness (QED) is 0.857. The molecule has 120 valence electrons. The van der Waals surface area contributed by atoms with Crippen molar-refractivity contribution in [3.05, 3.63) is 40.6 Å². The number of nitrogens with one attached hydrogen (secondary N) is 1. The summed E-state index contributed by atoms with van der Waals surface area (Å²) in [4.78, 5) is 2.06. The van der Waals surface area contributed by atoms with Crippen molar-refractivity contribution in [2.45, 2.75) is 11.4 Å². The van der Waals surface area contributed by atoms with Gasteiger partial charge in [0.2, 0.25) is 0 Å². The van der Waals surface area contributed by atoms with Crippen LogP contribution in [-0.2, 0) is 16.6 Å². The molecule has 0 fully saturated rings. The molecule has 0 bridgehead atoms. The average Bonchev–Trinajstić information content (AvgIpc) is 2.86. The number of aromatic nitrogens is 2. The molecular formula is C13H16Cl2N4O2S. The summed E-state index contributed by atoms with van der Waals surface area (Å²) < 4.78 is 28.7. The predicted molar refractivity (Wildman–Crippen MR) is 88.1 cm³/mol. The summed E-state index contributed by atoms with van der Waals surface area (Å²) in [6.45, 7) is 1.47. The first-order valence-electron chi connectivity index (χ1n) is 6.43. The van der Waals surface area contributed by atoms with E-state index in [9.17, 15) is 8.42 Å². The fourth-order valence-corrected chi connectivity index (χ4v) is 3.12. The van der Waals surface area contributed by atoms with E-state index in [-0.39, 0.29) is 9.92 Å². The molecule has 0 saturated heterocycles. The number of nitrogens with zero attached hydrogens (tertiary/aromatic N) is 3. The molecule has 2 rings (SSSR count). The molecule has 22 heavy (non-hydrogen) atoms. The highest BCUT2D eigenvalue weighted by Crippen LogP contribution is 2.25. The lowest BCUT2D eigenvalue weighted by molar-refractivity contribution is 0.373. The van der Waals surface area contributed by atoms with Gasteiger partial charge in [-0.15, -0.1) is 0 Å². The van der Waals surface area contributed by atoms with Gasteiger partial charge in [0.05, 0.1) is 33.4 Å². The minimum Gasteiger partial charge on any atom is -0.308 e. The van der Waals surface area contributed by atoms with Gasteiger partial charge in [-0.2, -0.15) is 5.10 Å². The van der Waals surface area contributed by atoms with Crippen molar-refractivity contribution >= 4 is 38.9 Å². The molecule has 1 aromatic heterocycles. The minimum atomic E-state index is -3.73. The first-order chi connectivity index (χ1) is 10.3. The molecule has 1 heterocycles. The molecule has 6 nitrogen and oxygen atoms in total. The third-order valence-corrected chi connectivity index (χ3v) is 4.98. The van der Waals surface area contributed by atoms with Crippen molar-refractivity contribution in [2.75, 3.05) is 25.4 Å². The summed E-state index contributed by atoms with van der Waals surface area (Å²) in [6, 6.07) is 4.15. The van der Waals surface area contributed by atoms with Crippen LogP contribution in [0.25, 0.3) is 0 Å². The number of rotatable bonds is 6. The van der Waals surface area contributed by atoms with Gasteiger partial charge in [0, 0.05) is 12.7 Å². The lowest BCUT2D eigenvalue weighted by atomic mass is 10.4. The summed E-state index contributed by atoms with van der Waals surface area (Å²) >= 11 is 11.6. The Labute approximate surface area is 139 Å². The Kier molecular flexibility index (Phi) is 5.33. The Hall–Kier alpha value is -1.28. The van der Waals surface area contributed by atoms with Crippen LogP contribution in [0.4, 0.5) is 5.69 Å². The Balaban J connectivity index is 2.13. The van der Waals surface area contributed by atoms with Crippen LogP contribution in [0, 0.1) is 0 Å². The van der Waals surface area contributed by atoms with Gasteiger partial charge in [0.25, 0.3) is 10.0 Å². The molecule has 1 N–H and O–H groups in total. The monoisotopic (exact) mass is 362 g/mol. The van der Waals surface area contributed by atoms with E-state index >= 15 is 0 Å². The van der Waals surface area contributed by atoms with Crippen LogP contribution >= 0.6 is 23.2 Å². The molecule has 0 spiro atoms. The van der Waals surface area contributed by atoms with Crippen molar-refractivity contribution in [1.82, 2.24) is 14.7 Å². The summed E-state index contributed by atoms with van der Waals surface area (Å²) in [5.41, 5.74) is 0.393. The van der Waals surface area contributed by atoms with Crippen molar-refractivity contribution < 1.29 is 8.42 Å². The third kappa shape index (κ3) is 4.36. The van der Waals surface area contributed by atoms with E-state index in [1.54, 1.807) is 10.9 Å². The van der Waals surface area contributed by atoms with Crippen LogP contribution in [0.5, 0.6) is 0 Å². The topological polar surface area (TPSA) is 67.2 Å².